The van der Waals surface area contributed by atoms with Gasteiger partial charge >= 0.3 is 0 Å². The number of hydrogen-bond acceptors (Lipinski definition) is 7. The minimum absolute atomic E-state index is 0.0102. The molecule has 1 amide bonds. The number of halogens is 1. The van der Waals surface area contributed by atoms with E-state index in [4.69, 9.17) is 4.74 Å². The molecule has 1 saturated heterocycles. The van der Waals surface area contributed by atoms with Gasteiger partial charge in [0.1, 0.15) is 5.82 Å². The molecule has 2 aromatic carbocycles. The Balaban J connectivity index is 1.48. The molecule has 1 aliphatic rings. The summed E-state index contributed by atoms with van der Waals surface area (Å²) in [6.45, 7) is 6.43. The normalized spacial score (nSPS) is 15.0. The van der Waals surface area contributed by atoms with E-state index in [-0.39, 0.29) is 23.0 Å². The van der Waals surface area contributed by atoms with Crippen molar-refractivity contribution < 1.29 is 22.3 Å². The van der Waals surface area contributed by atoms with Crippen molar-refractivity contribution in [2.24, 2.45) is 0 Å². The van der Waals surface area contributed by atoms with Crippen LogP contribution < -0.4 is 4.90 Å². The molecule has 10 heteroatoms. The molecule has 0 bridgehead atoms. The Bertz CT molecular complexity index is 1240. The minimum Gasteiger partial charge on any atom is -0.379 e. The van der Waals surface area contributed by atoms with Gasteiger partial charge in [0.15, 0.2) is 15.0 Å². The highest BCUT2D eigenvalue weighted by atomic mass is 32.2. The van der Waals surface area contributed by atoms with Crippen molar-refractivity contribution in [1.82, 2.24) is 9.88 Å². The number of hydrogen-bond donors (Lipinski definition) is 0. The topological polar surface area (TPSA) is 79.8 Å². The van der Waals surface area contributed by atoms with Gasteiger partial charge in [0.05, 0.1) is 34.1 Å². The Kier molecular flexibility index (Phi) is 7.92. The first-order chi connectivity index (χ1) is 16.3. The van der Waals surface area contributed by atoms with Gasteiger partial charge in [-0.15, -0.1) is 0 Å². The fourth-order valence-electron chi connectivity index (χ4n) is 3.86. The predicted molar refractivity (Wildman–Crippen MR) is 132 cm³/mol. The number of aromatic nitrogens is 1. The van der Waals surface area contributed by atoms with E-state index in [1.807, 2.05) is 25.1 Å². The number of sulfone groups is 1. The lowest BCUT2D eigenvalue weighted by molar-refractivity contribution is -0.118. The van der Waals surface area contributed by atoms with E-state index in [0.29, 0.717) is 24.9 Å². The molecule has 0 aliphatic carbocycles. The van der Waals surface area contributed by atoms with Crippen LogP contribution in [0.2, 0.25) is 0 Å². The number of rotatable bonds is 9. The molecule has 182 valence electrons. The Hall–Kier alpha value is -2.40. The second-order valence-electron chi connectivity index (χ2n) is 8.34. The van der Waals surface area contributed by atoms with Crippen molar-refractivity contribution in [1.29, 1.82) is 0 Å². The zero-order chi connectivity index (χ0) is 24.1. The highest BCUT2D eigenvalue weighted by Crippen LogP contribution is 2.30. The second-order valence-corrected chi connectivity index (χ2v) is 11.5. The van der Waals surface area contributed by atoms with E-state index in [1.54, 1.807) is 4.90 Å². The van der Waals surface area contributed by atoms with E-state index in [1.165, 1.54) is 23.5 Å². The molecule has 1 aromatic heterocycles. The smallest absolute Gasteiger partial charge is 0.229 e. The van der Waals surface area contributed by atoms with Crippen LogP contribution in [0.4, 0.5) is 9.52 Å². The van der Waals surface area contributed by atoms with E-state index in [9.17, 15) is 17.6 Å². The number of anilines is 1. The first-order valence-corrected chi connectivity index (χ1v) is 13.7. The summed E-state index contributed by atoms with van der Waals surface area (Å²) in [5.74, 6) is -1.14. The van der Waals surface area contributed by atoms with E-state index >= 15 is 0 Å². The number of ether oxygens (including phenoxy) is 1. The third-order valence-electron chi connectivity index (χ3n) is 5.78. The van der Waals surface area contributed by atoms with Crippen LogP contribution in [0.1, 0.15) is 18.4 Å². The largest absolute Gasteiger partial charge is 0.379 e. The SMILES string of the molecule is Cc1ccc2nc(N(CCCN3CCOCC3)C(=O)CCS(=O)(=O)c3ccc(F)cc3)sc2c1. The second kappa shape index (κ2) is 10.9. The Morgan fingerprint density at radius 3 is 2.65 bits per heavy atom. The number of carbonyl (C=O) groups is 1. The van der Waals surface area contributed by atoms with Crippen molar-refractivity contribution >= 4 is 42.4 Å². The van der Waals surface area contributed by atoms with Gasteiger partial charge in [0, 0.05) is 32.6 Å². The monoisotopic (exact) mass is 505 g/mol. The predicted octanol–water partition coefficient (Wildman–Crippen LogP) is 3.66. The summed E-state index contributed by atoms with van der Waals surface area (Å²) in [5.41, 5.74) is 1.92. The number of benzene rings is 2. The standard InChI is InChI=1S/C24H28FN3O4S2/c1-18-3-8-21-22(17-18)33-24(26-21)28(11-2-10-27-12-14-32-15-13-27)23(29)9-16-34(30,31)20-6-4-19(25)5-7-20/h3-8,17H,2,9-16H2,1H3. The van der Waals surface area contributed by atoms with E-state index < -0.39 is 15.7 Å². The van der Waals surface area contributed by atoms with Crippen molar-refractivity contribution in [3.05, 3.63) is 53.8 Å². The number of fused-ring (bicyclic) bond motifs is 1. The first kappa shape index (κ1) is 24.7. The molecule has 2 heterocycles. The Labute approximate surface area is 203 Å². The first-order valence-electron chi connectivity index (χ1n) is 11.3. The van der Waals surface area contributed by atoms with Gasteiger partial charge in [-0.05, 0) is 55.3 Å². The summed E-state index contributed by atoms with van der Waals surface area (Å²) in [6, 6.07) is 10.6. The summed E-state index contributed by atoms with van der Waals surface area (Å²) >= 11 is 1.43. The number of carbonyl (C=O) groups excluding carboxylic acids is 1. The molecule has 0 atom stereocenters. The Morgan fingerprint density at radius 2 is 1.91 bits per heavy atom. The molecular formula is C24H28FN3O4S2. The fourth-order valence-corrected chi connectivity index (χ4v) is 6.19. The third-order valence-corrected chi connectivity index (χ3v) is 8.55. The maximum Gasteiger partial charge on any atom is 0.229 e. The Morgan fingerprint density at radius 1 is 1.18 bits per heavy atom. The van der Waals surface area contributed by atoms with Gasteiger partial charge in [-0.3, -0.25) is 14.6 Å². The summed E-state index contributed by atoms with van der Waals surface area (Å²) in [7, 11) is -3.71. The maximum absolute atomic E-state index is 13.2. The molecule has 0 unspecified atom stereocenters. The zero-order valence-corrected chi connectivity index (χ0v) is 20.7. The number of amides is 1. The van der Waals surface area contributed by atoms with Crippen LogP contribution in [0.3, 0.4) is 0 Å². The average Bonchev–Trinajstić information content (AvgIpc) is 3.24. The minimum atomic E-state index is -3.71. The van der Waals surface area contributed by atoms with Crippen LogP contribution in [0.5, 0.6) is 0 Å². The highest BCUT2D eigenvalue weighted by molar-refractivity contribution is 7.91. The summed E-state index contributed by atoms with van der Waals surface area (Å²) in [5, 5.41) is 0.576. The molecule has 0 saturated carbocycles. The molecule has 3 aromatic rings. The van der Waals surface area contributed by atoms with Gasteiger partial charge in [-0.1, -0.05) is 17.4 Å². The number of nitrogens with zero attached hydrogens (tertiary/aromatic N) is 3. The molecule has 0 N–H and O–H groups in total. The molecular weight excluding hydrogens is 477 g/mol. The number of thiazole rings is 1. The van der Waals surface area contributed by atoms with Crippen LogP contribution in [0.15, 0.2) is 47.4 Å². The molecule has 0 radical (unpaired) electrons. The lowest BCUT2D eigenvalue weighted by Crippen LogP contribution is -2.39. The maximum atomic E-state index is 13.2. The quantitative estimate of drug-likeness (QED) is 0.413. The molecule has 1 aliphatic heterocycles. The van der Waals surface area contributed by atoms with Crippen LogP contribution in [0, 0.1) is 12.7 Å². The summed E-state index contributed by atoms with van der Waals surface area (Å²) in [6.07, 6.45) is 0.567. The molecule has 1 fully saturated rings. The zero-order valence-electron chi connectivity index (χ0n) is 19.1. The number of aryl methyl sites for hydroxylation is 1. The van der Waals surface area contributed by atoms with Gasteiger partial charge in [0.2, 0.25) is 5.91 Å². The third kappa shape index (κ3) is 6.18. The van der Waals surface area contributed by atoms with Crippen molar-refractivity contribution in [2.45, 2.75) is 24.7 Å². The fraction of sp³-hybridized carbons (Fsp3) is 0.417. The van der Waals surface area contributed by atoms with Gasteiger partial charge in [0.25, 0.3) is 0 Å². The van der Waals surface area contributed by atoms with Crippen molar-refractivity contribution in [2.75, 3.05) is 50.0 Å². The van der Waals surface area contributed by atoms with Gasteiger partial charge < -0.3 is 4.74 Å². The highest BCUT2D eigenvalue weighted by Gasteiger charge is 2.23. The van der Waals surface area contributed by atoms with E-state index in [0.717, 1.165) is 54.0 Å². The molecule has 0 spiro atoms. The molecule has 34 heavy (non-hydrogen) atoms. The summed E-state index contributed by atoms with van der Waals surface area (Å²) < 4.78 is 44.9. The molecule has 4 rings (SSSR count). The lowest BCUT2D eigenvalue weighted by Gasteiger charge is -2.27. The van der Waals surface area contributed by atoms with Crippen LogP contribution >= 0.6 is 11.3 Å². The number of morpholine rings is 1. The average molecular weight is 506 g/mol. The molecule has 7 nitrogen and oxygen atoms in total. The van der Waals surface area contributed by atoms with Gasteiger partial charge in [-0.2, -0.15) is 0 Å². The lowest BCUT2D eigenvalue weighted by atomic mass is 10.2. The van der Waals surface area contributed by atoms with E-state index in [2.05, 4.69) is 9.88 Å². The van der Waals surface area contributed by atoms with Gasteiger partial charge in [-0.25, -0.2) is 17.8 Å². The van der Waals surface area contributed by atoms with Crippen LogP contribution in [-0.4, -0.2) is 69.4 Å². The van der Waals surface area contributed by atoms with Crippen LogP contribution in [-0.2, 0) is 19.4 Å². The summed E-state index contributed by atoms with van der Waals surface area (Å²) in [4.78, 5) is 21.8. The van der Waals surface area contributed by atoms with Crippen molar-refractivity contribution in [3.8, 4) is 0 Å². The van der Waals surface area contributed by atoms with Crippen LogP contribution in [0.25, 0.3) is 10.2 Å². The van der Waals surface area contributed by atoms with Crippen molar-refractivity contribution in [3.63, 3.8) is 0 Å².